The molecule has 4 rings (SSSR count). The standard InChI is InChI=1S/C29H36N2O2Si/c1-29(2,3)33-28(32)31-22-34(4,5)21-25-16-17-26(18-27(25)31)30(19-23-12-8-6-9-13-23)20-24-14-10-7-11-15-24/h6-18H,19-22H2,1-5H3. The van der Waals surface area contributed by atoms with Crippen LogP contribution in [0, 0.1) is 0 Å². The van der Waals surface area contributed by atoms with Crippen LogP contribution >= 0.6 is 0 Å². The van der Waals surface area contributed by atoms with Gasteiger partial charge in [0.1, 0.15) is 5.60 Å². The topological polar surface area (TPSA) is 32.8 Å². The van der Waals surface area contributed by atoms with Crippen molar-refractivity contribution >= 4 is 25.5 Å². The molecule has 0 radical (unpaired) electrons. The smallest absolute Gasteiger partial charge is 0.414 e. The Balaban J connectivity index is 1.71. The minimum atomic E-state index is -1.60. The van der Waals surface area contributed by atoms with E-state index in [9.17, 15) is 4.79 Å². The molecular weight excluding hydrogens is 436 g/mol. The third kappa shape index (κ3) is 6.09. The molecule has 178 valence electrons. The van der Waals surface area contributed by atoms with E-state index in [0.717, 1.165) is 36.7 Å². The maximum absolute atomic E-state index is 13.2. The van der Waals surface area contributed by atoms with Crippen LogP contribution in [0.25, 0.3) is 0 Å². The fourth-order valence-corrected chi connectivity index (χ4v) is 7.16. The maximum Gasteiger partial charge on any atom is 0.414 e. The number of ether oxygens (including phenoxy) is 1. The lowest BCUT2D eigenvalue weighted by atomic mass is 10.1. The minimum absolute atomic E-state index is 0.246. The molecule has 0 fully saturated rings. The Hall–Kier alpha value is -3.05. The molecule has 1 amide bonds. The molecule has 0 unspecified atom stereocenters. The van der Waals surface area contributed by atoms with E-state index >= 15 is 0 Å². The number of carbonyl (C=O) groups excluding carboxylic acids is 1. The number of anilines is 2. The molecule has 1 heterocycles. The summed E-state index contributed by atoms with van der Waals surface area (Å²) in [5.74, 6) is 0. The van der Waals surface area contributed by atoms with Gasteiger partial charge < -0.3 is 9.64 Å². The van der Waals surface area contributed by atoms with Crippen molar-refractivity contribution in [3.8, 4) is 0 Å². The second kappa shape index (κ2) is 9.67. The van der Waals surface area contributed by atoms with Gasteiger partial charge in [-0.05, 0) is 55.6 Å². The normalized spacial score (nSPS) is 14.9. The van der Waals surface area contributed by atoms with E-state index in [1.807, 2.05) is 37.8 Å². The Morgan fingerprint density at radius 2 is 1.47 bits per heavy atom. The minimum Gasteiger partial charge on any atom is -0.443 e. The van der Waals surface area contributed by atoms with Gasteiger partial charge in [-0.2, -0.15) is 0 Å². The summed E-state index contributed by atoms with van der Waals surface area (Å²) in [6.07, 6.45) is 0.527. The first-order chi connectivity index (χ1) is 16.1. The van der Waals surface area contributed by atoms with Crippen molar-refractivity contribution in [1.82, 2.24) is 0 Å². The zero-order chi connectivity index (χ0) is 24.3. The first-order valence-corrected chi connectivity index (χ1v) is 15.5. The van der Waals surface area contributed by atoms with E-state index in [0.29, 0.717) is 0 Å². The van der Waals surface area contributed by atoms with Crippen molar-refractivity contribution in [2.45, 2.75) is 58.6 Å². The number of hydrogen-bond acceptors (Lipinski definition) is 3. The quantitative estimate of drug-likeness (QED) is 0.376. The Morgan fingerprint density at radius 1 is 0.912 bits per heavy atom. The lowest BCUT2D eigenvalue weighted by Crippen LogP contribution is -2.52. The maximum atomic E-state index is 13.2. The van der Waals surface area contributed by atoms with E-state index in [4.69, 9.17) is 4.74 Å². The zero-order valence-corrected chi connectivity index (χ0v) is 22.0. The summed E-state index contributed by atoms with van der Waals surface area (Å²) in [4.78, 5) is 17.5. The highest BCUT2D eigenvalue weighted by Crippen LogP contribution is 2.36. The molecule has 3 aromatic carbocycles. The third-order valence-corrected chi connectivity index (χ3v) is 8.54. The van der Waals surface area contributed by atoms with Crippen molar-refractivity contribution in [1.29, 1.82) is 0 Å². The SMILES string of the molecule is CC(C)(C)OC(=O)N1C[Si](C)(C)Cc2ccc(N(Cc3ccccc3)Cc3ccccc3)cc21. The molecule has 0 N–H and O–H groups in total. The second-order valence-electron chi connectivity index (χ2n) is 11.0. The number of amides is 1. The van der Waals surface area contributed by atoms with Gasteiger partial charge in [0.2, 0.25) is 0 Å². The van der Waals surface area contributed by atoms with Crippen LogP contribution in [0.1, 0.15) is 37.5 Å². The van der Waals surface area contributed by atoms with Crippen LogP contribution in [0.15, 0.2) is 78.9 Å². The first kappa shape index (κ1) is 24.1. The molecule has 5 heteroatoms. The monoisotopic (exact) mass is 472 g/mol. The Kier molecular flexibility index (Phi) is 6.85. The predicted molar refractivity (Wildman–Crippen MR) is 144 cm³/mol. The summed E-state index contributed by atoms with van der Waals surface area (Å²) >= 11 is 0. The van der Waals surface area contributed by atoms with Crippen LogP contribution in [-0.4, -0.2) is 25.9 Å². The first-order valence-electron chi connectivity index (χ1n) is 12.1. The largest absolute Gasteiger partial charge is 0.443 e. The van der Waals surface area contributed by atoms with Gasteiger partial charge in [-0.3, -0.25) is 4.90 Å². The van der Waals surface area contributed by atoms with Crippen molar-refractivity contribution in [2.24, 2.45) is 0 Å². The summed E-state index contributed by atoms with van der Waals surface area (Å²) in [6, 6.07) is 28.8. The molecule has 0 saturated heterocycles. The Morgan fingerprint density at radius 3 is 2.00 bits per heavy atom. The Bertz CT molecular complexity index is 1080. The number of fused-ring (bicyclic) bond motifs is 1. The van der Waals surface area contributed by atoms with Gasteiger partial charge in [-0.15, -0.1) is 0 Å². The molecule has 4 nitrogen and oxygen atoms in total. The van der Waals surface area contributed by atoms with Crippen molar-refractivity contribution in [3.05, 3.63) is 95.6 Å². The molecule has 0 spiro atoms. The molecule has 34 heavy (non-hydrogen) atoms. The van der Waals surface area contributed by atoms with Gasteiger partial charge in [-0.1, -0.05) is 79.8 Å². The van der Waals surface area contributed by atoms with Crippen LogP contribution in [0.4, 0.5) is 16.2 Å². The number of nitrogens with zero attached hydrogens (tertiary/aromatic N) is 2. The summed E-state index contributed by atoms with van der Waals surface area (Å²) in [5, 5.41) is 0. The molecular formula is C29H36N2O2Si. The Labute approximate surface area is 205 Å². The summed E-state index contributed by atoms with van der Waals surface area (Å²) in [5.41, 5.74) is 5.34. The van der Waals surface area contributed by atoms with E-state index in [1.54, 1.807) is 0 Å². The second-order valence-corrected chi connectivity index (χ2v) is 16.0. The van der Waals surface area contributed by atoms with Gasteiger partial charge in [0.15, 0.2) is 0 Å². The highest BCUT2D eigenvalue weighted by Gasteiger charge is 2.37. The lowest BCUT2D eigenvalue weighted by molar-refractivity contribution is 0.0584. The predicted octanol–water partition coefficient (Wildman–Crippen LogP) is 6.98. The fourth-order valence-electron chi connectivity index (χ4n) is 4.56. The van der Waals surface area contributed by atoms with E-state index in [-0.39, 0.29) is 6.09 Å². The third-order valence-electron chi connectivity index (χ3n) is 6.03. The van der Waals surface area contributed by atoms with Crippen LogP contribution in [-0.2, 0) is 23.9 Å². The molecule has 0 aromatic heterocycles. The van der Waals surface area contributed by atoms with Gasteiger partial charge >= 0.3 is 6.09 Å². The number of hydrogen-bond donors (Lipinski definition) is 0. The van der Waals surface area contributed by atoms with Crippen LogP contribution < -0.4 is 9.80 Å². The molecule has 3 aromatic rings. The molecule has 1 aliphatic heterocycles. The molecule has 0 aliphatic carbocycles. The van der Waals surface area contributed by atoms with Crippen molar-refractivity contribution in [2.75, 3.05) is 16.0 Å². The average Bonchev–Trinajstić information content (AvgIpc) is 2.77. The van der Waals surface area contributed by atoms with E-state index in [1.165, 1.54) is 16.7 Å². The fraction of sp³-hybridized carbons (Fsp3) is 0.345. The number of carbonyl (C=O) groups is 1. The van der Waals surface area contributed by atoms with E-state index < -0.39 is 13.7 Å². The van der Waals surface area contributed by atoms with E-state index in [2.05, 4.69) is 84.7 Å². The average molecular weight is 473 g/mol. The van der Waals surface area contributed by atoms with Gasteiger partial charge in [0, 0.05) is 24.9 Å². The highest BCUT2D eigenvalue weighted by molar-refractivity contribution is 6.78. The van der Waals surface area contributed by atoms with Crippen molar-refractivity contribution < 1.29 is 9.53 Å². The summed E-state index contributed by atoms with van der Waals surface area (Å²) in [7, 11) is -1.60. The molecule has 0 saturated carbocycles. The summed E-state index contributed by atoms with van der Waals surface area (Å²) in [6.45, 7) is 12.1. The number of benzene rings is 3. The number of rotatable bonds is 5. The van der Waals surface area contributed by atoms with Gasteiger partial charge in [0.05, 0.1) is 13.8 Å². The lowest BCUT2D eigenvalue weighted by Gasteiger charge is -2.39. The zero-order valence-electron chi connectivity index (χ0n) is 21.0. The highest BCUT2D eigenvalue weighted by atomic mass is 28.3. The molecule has 0 bridgehead atoms. The van der Waals surface area contributed by atoms with Crippen molar-refractivity contribution in [3.63, 3.8) is 0 Å². The summed E-state index contributed by atoms with van der Waals surface area (Å²) < 4.78 is 5.81. The molecule has 1 aliphatic rings. The van der Waals surface area contributed by atoms with Crippen LogP contribution in [0.5, 0.6) is 0 Å². The van der Waals surface area contributed by atoms with Crippen LogP contribution in [0.2, 0.25) is 13.1 Å². The molecule has 0 atom stereocenters. The van der Waals surface area contributed by atoms with Gasteiger partial charge in [0.25, 0.3) is 0 Å². The van der Waals surface area contributed by atoms with Gasteiger partial charge in [-0.25, -0.2) is 4.79 Å². The van der Waals surface area contributed by atoms with Crippen LogP contribution in [0.3, 0.4) is 0 Å².